The highest BCUT2D eigenvalue weighted by Crippen LogP contribution is 2.23. The minimum absolute atomic E-state index is 0.245. The van der Waals surface area contributed by atoms with Gasteiger partial charge in [-0.3, -0.25) is 9.71 Å². The third-order valence-electron chi connectivity index (χ3n) is 2.72. The first-order chi connectivity index (χ1) is 8.90. The van der Waals surface area contributed by atoms with Crippen LogP contribution in [0.2, 0.25) is 0 Å². The van der Waals surface area contributed by atoms with Crippen LogP contribution in [0.5, 0.6) is 0 Å². The van der Waals surface area contributed by atoms with E-state index in [0.29, 0.717) is 11.3 Å². The molecular formula is C13H15N3O2S. The molecule has 0 amide bonds. The number of sulfonamides is 1. The Hall–Kier alpha value is -2.08. The molecule has 3 N–H and O–H groups in total. The van der Waals surface area contributed by atoms with Crippen LogP contribution in [-0.4, -0.2) is 13.4 Å². The van der Waals surface area contributed by atoms with E-state index >= 15 is 0 Å². The molecule has 0 radical (unpaired) electrons. The van der Waals surface area contributed by atoms with Gasteiger partial charge in [-0.15, -0.1) is 0 Å². The van der Waals surface area contributed by atoms with Gasteiger partial charge in [-0.05, 0) is 31.5 Å². The molecule has 2 aromatic rings. The highest BCUT2D eigenvalue weighted by Gasteiger charge is 2.17. The molecule has 2 rings (SSSR count). The van der Waals surface area contributed by atoms with Crippen LogP contribution in [0.3, 0.4) is 0 Å². The Kier molecular flexibility index (Phi) is 3.44. The van der Waals surface area contributed by atoms with Gasteiger partial charge in [0.1, 0.15) is 0 Å². The number of hydrogen-bond acceptors (Lipinski definition) is 4. The lowest BCUT2D eigenvalue weighted by Gasteiger charge is -2.12. The maximum absolute atomic E-state index is 12.3. The molecular weight excluding hydrogens is 262 g/mol. The fourth-order valence-electron chi connectivity index (χ4n) is 1.80. The number of aromatic nitrogens is 1. The molecule has 0 aliphatic carbocycles. The van der Waals surface area contributed by atoms with Gasteiger partial charge in [0.25, 0.3) is 10.0 Å². The highest BCUT2D eigenvalue weighted by atomic mass is 32.2. The van der Waals surface area contributed by atoms with Crippen molar-refractivity contribution in [3.8, 4) is 0 Å². The van der Waals surface area contributed by atoms with Crippen molar-refractivity contribution in [2.75, 3.05) is 10.5 Å². The van der Waals surface area contributed by atoms with Gasteiger partial charge in [0, 0.05) is 6.20 Å². The summed E-state index contributed by atoms with van der Waals surface area (Å²) in [7, 11) is -3.64. The molecule has 0 saturated heterocycles. The molecule has 0 unspecified atom stereocenters. The van der Waals surface area contributed by atoms with Gasteiger partial charge in [0.2, 0.25) is 0 Å². The van der Waals surface area contributed by atoms with Gasteiger partial charge in [0.15, 0.2) is 0 Å². The van der Waals surface area contributed by atoms with Crippen LogP contribution in [0, 0.1) is 13.8 Å². The molecule has 0 fully saturated rings. The lowest BCUT2D eigenvalue weighted by Crippen LogP contribution is -2.15. The number of hydrogen-bond donors (Lipinski definition) is 2. The van der Waals surface area contributed by atoms with Crippen molar-refractivity contribution in [2.24, 2.45) is 0 Å². The van der Waals surface area contributed by atoms with E-state index in [1.54, 1.807) is 19.1 Å². The van der Waals surface area contributed by atoms with Crippen LogP contribution >= 0.6 is 0 Å². The van der Waals surface area contributed by atoms with Crippen molar-refractivity contribution in [3.05, 3.63) is 47.8 Å². The number of anilines is 2. The second kappa shape index (κ2) is 4.89. The van der Waals surface area contributed by atoms with Crippen molar-refractivity contribution in [1.82, 2.24) is 4.98 Å². The summed E-state index contributed by atoms with van der Waals surface area (Å²) >= 11 is 0. The number of rotatable bonds is 3. The Morgan fingerprint density at radius 2 is 1.95 bits per heavy atom. The van der Waals surface area contributed by atoms with Gasteiger partial charge < -0.3 is 5.73 Å². The Labute approximate surface area is 112 Å². The summed E-state index contributed by atoms with van der Waals surface area (Å²) in [6.45, 7) is 3.68. The van der Waals surface area contributed by atoms with E-state index < -0.39 is 10.0 Å². The number of benzene rings is 1. The lowest BCUT2D eigenvalue weighted by molar-refractivity contribution is 0.600. The predicted octanol–water partition coefficient (Wildman–Crippen LogP) is 2.08. The summed E-state index contributed by atoms with van der Waals surface area (Å²) < 4.78 is 27.1. The Morgan fingerprint density at radius 1 is 1.21 bits per heavy atom. The molecule has 19 heavy (non-hydrogen) atoms. The van der Waals surface area contributed by atoms with E-state index in [1.807, 2.05) is 13.0 Å². The minimum Gasteiger partial charge on any atom is -0.396 e. The molecule has 100 valence electrons. The van der Waals surface area contributed by atoms with Crippen LogP contribution < -0.4 is 10.5 Å². The third kappa shape index (κ3) is 2.85. The van der Waals surface area contributed by atoms with Crippen LogP contribution in [0.4, 0.5) is 11.4 Å². The largest absolute Gasteiger partial charge is 0.396 e. The zero-order valence-electron chi connectivity index (χ0n) is 10.7. The van der Waals surface area contributed by atoms with Gasteiger partial charge in [0.05, 0.1) is 22.5 Å². The number of pyridine rings is 1. The molecule has 0 spiro atoms. The normalized spacial score (nSPS) is 11.3. The Morgan fingerprint density at radius 3 is 2.58 bits per heavy atom. The number of nitrogens with zero attached hydrogens (tertiary/aromatic N) is 1. The summed E-state index contributed by atoms with van der Waals surface area (Å²) in [5.41, 5.74) is 8.00. The van der Waals surface area contributed by atoms with E-state index in [2.05, 4.69) is 9.71 Å². The Bertz CT molecular complexity index is 712. The summed E-state index contributed by atoms with van der Waals surface area (Å²) in [4.78, 5) is 4.06. The SMILES string of the molecule is Cc1ccc(S(=O)(=O)Nc2ccncc2N)c(C)c1. The first-order valence-electron chi connectivity index (χ1n) is 5.70. The average molecular weight is 277 g/mol. The minimum atomic E-state index is -3.64. The highest BCUT2D eigenvalue weighted by molar-refractivity contribution is 7.92. The van der Waals surface area contributed by atoms with Crippen LogP contribution in [0.25, 0.3) is 0 Å². The first kappa shape index (κ1) is 13.4. The van der Waals surface area contributed by atoms with Gasteiger partial charge in [-0.1, -0.05) is 17.7 Å². The van der Waals surface area contributed by atoms with E-state index in [4.69, 9.17) is 5.73 Å². The number of nitrogen functional groups attached to an aromatic ring is 1. The average Bonchev–Trinajstić information content (AvgIpc) is 2.31. The molecule has 1 aromatic carbocycles. The van der Waals surface area contributed by atoms with Crippen molar-refractivity contribution < 1.29 is 8.42 Å². The second-order valence-electron chi connectivity index (χ2n) is 4.34. The molecule has 6 heteroatoms. The molecule has 0 bridgehead atoms. The predicted molar refractivity (Wildman–Crippen MR) is 75.4 cm³/mol. The summed E-state index contributed by atoms with van der Waals surface area (Å²) in [6, 6.07) is 6.70. The fourth-order valence-corrected chi connectivity index (χ4v) is 3.12. The fraction of sp³-hybridized carbons (Fsp3) is 0.154. The number of aryl methyl sites for hydroxylation is 2. The monoisotopic (exact) mass is 277 g/mol. The molecule has 0 aliphatic heterocycles. The second-order valence-corrected chi connectivity index (χ2v) is 5.99. The molecule has 0 aliphatic rings. The van der Waals surface area contributed by atoms with Crippen molar-refractivity contribution in [3.63, 3.8) is 0 Å². The zero-order valence-corrected chi connectivity index (χ0v) is 11.5. The third-order valence-corrected chi connectivity index (χ3v) is 4.24. The smallest absolute Gasteiger partial charge is 0.262 e. The standard InChI is InChI=1S/C13H15N3O2S/c1-9-3-4-13(10(2)7-9)19(17,18)16-12-5-6-15-8-11(12)14/h3-8H,14H2,1-2H3,(H,15,16). The van der Waals surface area contributed by atoms with Crippen LogP contribution in [0.15, 0.2) is 41.6 Å². The first-order valence-corrected chi connectivity index (χ1v) is 7.18. The Balaban J connectivity index is 2.41. The topological polar surface area (TPSA) is 85.1 Å². The van der Waals surface area contributed by atoms with Crippen molar-refractivity contribution in [1.29, 1.82) is 0 Å². The van der Waals surface area contributed by atoms with Crippen molar-refractivity contribution >= 4 is 21.4 Å². The lowest BCUT2D eigenvalue weighted by atomic mass is 10.2. The van der Waals surface area contributed by atoms with Gasteiger partial charge in [-0.25, -0.2) is 8.42 Å². The molecule has 1 aromatic heterocycles. The number of nitrogens with two attached hydrogens (primary N) is 1. The molecule has 0 atom stereocenters. The van der Waals surface area contributed by atoms with Crippen LogP contribution in [0.1, 0.15) is 11.1 Å². The van der Waals surface area contributed by atoms with Crippen molar-refractivity contribution in [2.45, 2.75) is 18.7 Å². The maximum Gasteiger partial charge on any atom is 0.262 e. The van der Waals surface area contributed by atoms with E-state index in [0.717, 1.165) is 5.56 Å². The van der Waals surface area contributed by atoms with E-state index in [-0.39, 0.29) is 10.6 Å². The van der Waals surface area contributed by atoms with Crippen LogP contribution in [-0.2, 0) is 10.0 Å². The number of nitrogens with one attached hydrogen (secondary N) is 1. The molecule has 5 nitrogen and oxygen atoms in total. The van der Waals surface area contributed by atoms with E-state index in [9.17, 15) is 8.42 Å². The van der Waals surface area contributed by atoms with Gasteiger partial charge in [-0.2, -0.15) is 0 Å². The van der Waals surface area contributed by atoms with E-state index in [1.165, 1.54) is 18.5 Å². The quantitative estimate of drug-likeness (QED) is 0.899. The summed E-state index contributed by atoms with van der Waals surface area (Å²) in [6.07, 6.45) is 2.88. The molecule has 0 saturated carbocycles. The maximum atomic E-state index is 12.3. The summed E-state index contributed by atoms with van der Waals surface area (Å²) in [5, 5.41) is 0. The molecule has 1 heterocycles. The zero-order chi connectivity index (χ0) is 14.0. The summed E-state index contributed by atoms with van der Waals surface area (Å²) in [5.74, 6) is 0. The van der Waals surface area contributed by atoms with Gasteiger partial charge >= 0.3 is 0 Å².